The van der Waals surface area contributed by atoms with E-state index in [2.05, 4.69) is 24.4 Å². The highest BCUT2D eigenvalue weighted by molar-refractivity contribution is 7.11. The predicted octanol–water partition coefficient (Wildman–Crippen LogP) is 3.17. The molecule has 1 aromatic rings. The minimum absolute atomic E-state index is 0.340. The van der Waals surface area contributed by atoms with Crippen LogP contribution in [0.1, 0.15) is 22.6 Å². The summed E-state index contributed by atoms with van der Waals surface area (Å²) in [6, 6.07) is 4.53. The largest absolute Gasteiger partial charge is 0.401 e. The standard InChI is InChI=1S/C13H19F3N2S/c1-10-2-3-12(19-10)8-17-11-4-6-18(7-5-11)9-13(14,15)16/h2-3,11,17H,4-9H2,1H3. The Balaban J connectivity index is 1.69. The van der Waals surface area contributed by atoms with Crippen molar-refractivity contribution < 1.29 is 13.2 Å². The summed E-state index contributed by atoms with van der Waals surface area (Å²) in [6.07, 6.45) is -2.49. The monoisotopic (exact) mass is 292 g/mol. The molecule has 19 heavy (non-hydrogen) atoms. The molecule has 108 valence electrons. The van der Waals surface area contributed by atoms with Gasteiger partial charge in [0.25, 0.3) is 0 Å². The smallest absolute Gasteiger partial charge is 0.309 e. The molecule has 0 amide bonds. The highest BCUT2D eigenvalue weighted by Crippen LogP contribution is 2.20. The zero-order chi connectivity index (χ0) is 13.9. The van der Waals surface area contributed by atoms with Gasteiger partial charge in [-0.3, -0.25) is 4.90 Å². The second-order valence-electron chi connectivity index (χ2n) is 5.06. The summed E-state index contributed by atoms with van der Waals surface area (Å²) in [5, 5.41) is 3.44. The number of hydrogen-bond acceptors (Lipinski definition) is 3. The van der Waals surface area contributed by atoms with Crippen LogP contribution in [0.2, 0.25) is 0 Å². The summed E-state index contributed by atoms with van der Waals surface area (Å²) in [7, 11) is 0. The van der Waals surface area contributed by atoms with Crippen LogP contribution in [0.4, 0.5) is 13.2 Å². The Hall–Kier alpha value is -0.590. The first-order valence-corrected chi connectivity index (χ1v) is 7.32. The molecule has 1 saturated heterocycles. The molecule has 0 atom stereocenters. The molecule has 0 spiro atoms. The fraction of sp³-hybridized carbons (Fsp3) is 0.692. The SMILES string of the molecule is Cc1ccc(CNC2CCN(CC(F)(F)F)CC2)s1. The normalized spacial score (nSPS) is 18.9. The van der Waals surface area contributed by atoms with Gasteiger partial charge in [0, 0.05) is 22.3 Å². The van der Waals surface area contributed by atoms with E-state index in [1.807, 2.05) is 0 Å². The van der Waals surface area contributed by atoms with Crippen LogP contribution in [0, 0.1) is 6.92 Å². The quantitative estimate of drug-likeness (QED) is 0.917. The van der Waals surface area contributed by atoms with E-state index >= 15 is 0 Å². The van der Waals surface area contributed by atoms with Gasteiger partial charge in [-0.05, 0) is 45.0 Å². The molecule has 1 N–H and O–H groups in total. The number of likely N-dealkylation sites (tertiary alicyclic amines) is 1. The van der Waals surface area contributed by atoms with Crippen molar-refractivity contribution in [3.63, 3.8) is 0 Å². The number of nitrogens with zero attached hydrogens (tertiary/aromatic N) is 1. The second-order valence-corrected chi connectivity index (χ2v) is 6.43. The zero-order valence-corrected chi connectivity index (χ0v) is 11.8. The van der Waals surface area contributed by atoms with E-state index < -0.39 is 12.7 Å². The molecule has 0 aromatic carbocycles. The van der Waals surface area contributed by atoms with Crippen molar-refractivity contribution in [3.05, 3.63) is 21.9 Å². The van der Waals surface area contributed by atoms with E-state index in [0.717, 1.165) is 19.4 Å². The third-order valence-corrected chi connectivity index (χ3v) is 4.35. The van der Waals surface area contributed by atoms with Crippen molar-refractivity contribution in [2.75, 3.05) is 19.6 Å². The maximum Gasteiger partial charge on any atom is 0.401 e. The van der Waals surface area contributed by atoms with Crippen LogP contribution in [-0.2, 0) is 6.54 Å². The van der Waals surface area contributed by atoms with Crippen LogP contribution in [0.5, 0.6) is 0 Å². The lowest BCUT2D eigenvalue weighted by Crippen LogP contribution is -2.45. The summed E-state index contributed by atoms with van der Waals surface area (Å²) >= 11 is 1.76. The van der Waals surface area contributed by atoms with Gasteiger partial charge in [0.15, 0.2) is 0 Å². The van der Waals surface area contributed by atoms with Crippen LogP contribution in [0.3, 0.4) is 0 Å². The predicted molar refractivity (Wildman–Crippen MR) is 71.4 cm³/mol. The van der Waals surface area contributed by atoms with Gasteiger partial charge in [0.05, 0.1) is 6.54 Å². The molecule has 2 nitrogen and oxygen atoms in total. The molecule has 1 aromatic heterocycles. The van der Waals surface area contributed by atoms with E-state index in [9.17, 15) is 13.2 Å². The summed E-state index contributed by atoms with van der Waals surface area (Å²) in [5.41, 5.74) is 0. The van der Waals surface area contributed by atoms with Gasteiger partial charge in [-0.25, -0.2) is 0 Å². The lowest BCUT2D eigenvalue weighted by molar-refractivity contribution is -0.148. The first-order valence-electron chi connectivity index (χ1n) is 6.50. The maximum atomic E-state index is 12.3. The molecule has 0 saturated carbocycles. The van der Waals surface area contributed by atoms with Gasteiger partial charge in [-0.2, -0.15) is 13.2 Å². The number of halogens is 3. The van der Waals surface area contributed by atoms with E-state index in [1.54, 1.807) is 11.3 Å². The Kier molecular flexibility index (Phi) is 4.86. The Bertz CT molecular complexity index is 395. The lowest BCUT2D eigenvalue weighted by Gasteiger charge is -2.32. The van der Waals surface area contributed by atoms with Crippen molar-refractivity contribution in [2.24, 2.45) is 0 Å². The number of thiophene rings is 1. The zero-order valence-electron chi connectivity index (χ0n) is 11.0. The van der Waals surface area contributed by atoms with Gasteiger partial charge >= 0.3 is 6.18 Å². The van der Waals surface area contributed by atoms with E-state index in [1.165, 1.54) is 14.7 Å². The number of alkyl halides is 3. The summed E-state index contributed by atoms with van der Waals surface area (Å²) < 4.78 is 36.8. The molecule has 0 bridgehead atoms. The average molecular weight is 292 g/mol. The third kappa shape index (κ3) is 5.12. The average Bonchev–Trinajstić information content (AvgIpc) is 2.72. The summed E-state index contributed by atoms with van der Waals surface area (Å²) in [4.78, 5) is 4.07. The Morgan fingerprint density at radius 3 is 2.53 bits per heavy atom. The molecular formula is C13H19F3N2S. The number of rotatable bonds is 4. The first-order chi connectivity index (χ1) is 8.92. The number of hydrogen-bond donors (Lipinski definition) is 1. The second kappa shape index (κ2) is 6.24. The Morgan fingerprint density at radius 1 is 1.32 bits per heavy atom. The molecule has 1 fully saturated rings. The molecule has 2 rings (SSSR count). The topological polar surface area (TPSA) is 15.3 Å². The molecule has 0 radical (unpaired) electrons. The van der Waals surface area contributed by atoms with Gasteiger partial charge in [0.2, 0.25) is 0 Å². The summed E-state index contributed by atoms with van der Waals surface area (Å²) in [6.45, 7) is 3.18. The van der Waals surface area contributed by atoms with Crippen LogP contribution in [0.25, 0.3) is 0 Å². The Labute approximate surface area is 115 Å². The minimum Gasteiger partial charge on any atom is -0.309 e. The highest BCUT2D eigenvalue weighted by atomic mass is 32.1. The van der Waals surface area contributed by atoms with E-state index in [-0.39, 0.29) is 0 Å². The van der Waals surface area contributed by atoms with Crippen LogP contribution in [0.15, 0.2) is 12.1 Å². The van der Waals surface area contributed by atoms with E-state index in [4.69, 9.17) is 0 Å². The van der Waals surface area contributed by atoms with Crippen molar-refractivity contribution in [3.8, 4) is 0 Å². The molecule has 0 aliphatic carbocycles. The fourth-order valence-corrected chi connectivity index (χ4v) is 3.22. The van der Waals surface area contributed by atoms with Crippen LogP contribution < -0.4 is 5.32 Å². The molecule has 6 heteroatoms. The maximum absolute atomic E-state index is 12.3. The van der Waals surface area contributed by atoms with Crippen LogP contribution >= 0.6 is 11.3 Å². The van der Waals surface area contributed by atoms with Gasteiger partial charge in [-0.1, -0.05) is 0 Å². The molecule has 0 unspecified atom stereocenters. The fourth-order valence-electron chi connectivity index (χ4n) is 2.37. The lowest BCUT2D eigenvalue weighted by atomic mass is 10.1. The molecule has 1 aliphatic heterocycles. The minimum atomic E-state index is -4.07. The van der Waals surface area contributed by atoms with Crippen molar-refractivity contribution in [1.29, 1.82) is 0 Å². The van der Waals surface area contributed by atoms with Crippen molar-refractivity contribution in [1.82, 2.24) is 10.2 Å². The number of piperidine rings is 1. The van der Waals surface area contributed by atoms with Gasteiger partial charge in [-0.15, -0.1) is 11.3 Å². The number of aryl methyl sites for hydroxylation is 1. The van der Waals surface area contributed by atoms with Crippen LogP contribution in [-0.4, -0.2) is 36.8 Å². The van der Waals surface area contributed by atoms with Crippen molar-refractivity contribution in [2.45, 2.75) is 38.5 Å². The first kappa shape index (κ1) is 14.8. The third-order valence-electron chi connectivity index (χ3n) is 3.35. The highest BCUT2D eigenvalue weighted by Gasteiger charge is 2.32. The molecular weight excluding hydrogens is 273 g/mol. The number of nitrogens with one attached hydrogen (secondary N) is 1. The summed E-state index contributed by atoms with van der Waals surface area (Å²) in [5.74, 6) is 0. The van der Waals surface area contributed by atoms with E-state index in [0.29, 0.717) is 19.1 Å². The Morgan fingerprint density at radius 2 is 2.00 bits per heavy atom. The molecule has 1 aliphatic rings. The van der Waals surface area contributed by atoms with Gasteiger partial charge in [0.1, 0.15) is 0 Å². The van der Waals surface area contributed by atoms with Gasteiger partial charge < -0.3 is 5.32 Å². The molecule has 2 heterocycles. The van der Waals surface area contributed by atoms with Crippen molar-refractivity contribution >= 4 is 11.3 Å².